The van der Waals surface area contributed by atoms with Gasteiger partial charge in [-0.1, -0.05) is 62.1 Å². The molecule has 2 N–H and O–H groups in total. The third kappa shape index (κ3) is 12.4. The van der Waals surface area contributed by atoms with Gasteiger partial charge in [-0.25, -0.2) is 0 Å². The molecule has 192 valence electrons. The molecule has 2 rings (SSSR count). The predicted octanol–water partition coefficient (Wildman–Crippen LogP) is 7.24. The lowest BCUT2D eigenvalue weighted by molar-refractivity contribution is -0.137. The summed E-state index contributed by atoms with van der Waals surface area (Å²) in [5.74, 6) is 0.336. The molecule has 0 aliphatic rings. The van der Waals surface area contributed by atoms with Crippen LogP contribution in [0.3, 0.4) is 0 Å². The van der Waals surface area contributed by atoms with Gasteiger partial charge in [0.2, 0.25) is 0 Å². The monoisotopic (exact) mass is 518 g/mol. The van der Waals surface area contributed by atoms with Gasteiger partial charge in [-0.2, -0.15) is 0 Å². The Kier molecular flexibility index (Phi) is 14.4. The second kappa shape index (κ2) is 17.3. The van der Waals surface area contributed by atoms with Gasteiger partial charge in [0.25, 0.3) is 0 Å². The SMILES string of the molecule is COc1ccc(CCCCCCCCc2ccccc2C(SCCC(=O)O)SCCC(=O)O)cc1. The normalized spacial score (nSPS) is 11.0. The summed E-state index contributed by atoms with van der Waals surface area (Å²) >= 11 is 3.21. The molecule has 2 aromatic carbocycles. The van der Waals surface area contributed by atoms with Gasteiger partial charge in [-0.05, 0) is 54.5 Å². The fourth-order valence-corrected chi connectivity index (χ4v) is 6.66. The highest BCUT2D eigenvalue weighted by Crippen LogP contribution is 2.42. The summed E-state index contributed by atoms with van der Waals surface area (Å²) in [7, 11) is 1.69. The zero-order chi connectivity index (χ0) is 25.3. The van der Waals surface area contributed by atoms with Crippen molar-refractivity contribution in [2.24, 2.45) is 0 Å². The third-order valence-corrected chi connectivity index (χ3v) is 8.61. The Morgan fingerprint density at radius 2 is 1.31 bits per heavy atom. The highest BCUT2D eigenvalue weighted by atomic mass is 32.2. The molecule has 0 saturated carbocycles. The van der Waals surface area contributed by atoms with E-state index in [9.17, 15) is 9.59 Å². The summed E-state index contributed by atoms with van der Waals surface area (Å²) in [6, 6.07) is 16.7. The highest BCUT2D eigenvalue weighted by molar-refractivity contribution is 8.16. The fraction of sp³-hybridized carbons (Fsp3) is 0.500. The zero-order valence-corrected chi connectivity index (χ0v) is 22.3. The molecule has 0 spiro atoms. The van der Waals surface area contributed by atoms with Crippen molar-refractivity contribution in [1.82, 2.24) is 0 Å². The van der Waals surface area contributed by atoms with Crippen LogP contribution in [0, 0.1) is 0 Å². The number of carbonyl (C=O) groups is 2. The lowest BCUT2D eigenvalue weighted by Crippen LogP contribution is -2.03. The smallest absolute Gasteiger partial charge is 0.304 e. The Morgan fingerprint density at radius 3 is 1.89 bits per heavy atom. The van der Waals surface area contributed by atoms with Crippen molar-refractivity contribution in [3.63, 3.8) is 0 Å². The highest BCUT2D eigenvalue weighted by Gasteiger charge is 2.17. The number of carboxylic acids is 2. The van der Waals surface area contributed by atoms with E-state index in [-0.39, 0.29) is 17.4 Å². The maximum absolute atomic E-state index is 10.9. The molecule has 0 amide bonds. The van der Waals surface area contributed by atoms with Crippen LogP contribution in [0.25, 0.3) is 0 Å². The van der Waals surface area contributed by atoms with Gasteiger partial charge < -0.3 is 14.9 Å². The van der Waals surface area contributed by atoms with Crippen molar-refractivity contribution in [3.05, 3.63) is 65.2 Å². The summed E-state index contributed by atoms with van der Waals surface area (Å²) < 4.78 is 5.27. The average molecular weight is 519 g/mol. The van der Waals surface area contributed by atoms with Gasteiger partial charge in [0.1, 0.15) is 5.75 Å². The van der Waals surface area contributed by atoms with Gasteiger partial charge >= 0.3 is 11.9 Å². The summed E-state index contributed by atoms with van der Waals surface area (Å²) in [5, 5.41) is 18.0. The van der Waals surface area contributed by atoms with Crippen LogP contribution in [-0.4, -0.2) is 40.8 Å². The van der Waals surface area contributed by atoms with E-state index in [1.54, 1.807) is 30.6 Å². The molecule has 0 aliphatic carbocycles. The van der Waals surface area contributed by atoms with Crippen molar-refractivity contribution in [3.8, 4) is 5.75 Å². The Hall–Kier alpha value is -2.12. The molecule has 5 nitrogen and oxygen atoms in total. The number of carboxylic acid groups (broad SMARTS) is 2. The van der Waals surface area contributed by atoms with E-state index in [4.69, 9.17) is 14.9 Å². The molecule has 0 bridgehead atoms. The van der Waals surface area contributed by atoms with Crippen molar-refractivity contribution < 1.29 is 24.5 Å². The first-order valence-corrected chi connectivity index (χ1v) is 14.5. The number of unbranched alkanes of at least 4 members (excludes halogenated alkanes) is 5. The van der Waals surface area contributed by atoms with Gasteiger partial charge in [0.15, 0.2) is 0 Å². The summed E-state index contributed by atoms with van der Waals surface area (Å²) in [6.45, 7) is 0. The van der Waals surface area contributed by atoms with Gasteiger partial charge in [0, 0.05) is 11.5 Å². The number of methoxy groups -OCH3 is 1. The van der Waals surface area contributed by atoms with Gasteiger partial charge in [-0.3, -0.25) is 9.59 Å². The van der Waals surface area contributed by atoms with E-state index >= 15 is 0 Å². The molecule has 0 saturated heterocycles. The first-order valence-electron chi connectivity index (χ1n) is 12.4. The van der Waals surface area contributed by atoms with E-state index in [1.165, 1.54) is 48.8 Å². The fourth-order valence-electron chi connectivity index (χ4n) is 3.87. The van der Waals surface area contributed by atoms with Crippen LogP contribution in [-0.2, 0) is 22.4 Å². The van der Waals surface area contributed by atoms with Crippen LogP contribution in [0.4, 0.5) is 0 Å². The van der Waals surface area contributed by atoms with Gasteiger partial charge in [0.05, 0.1) is 24.5 Å². The quantitative estimate of drug-likeness (QED) is 0.150. The molecule has 0 unspecified atom stereocenters. The number of benzene rings is 2. The molecule has 0 fully saturated rings. The molecular formula is C28H38O5S2. The minimum atomic E-state index is -0.802. The lowest BCUT2D eigenvalue weighted by Gasteiger charge is -2.20. The molecule has 0 aromatic heterocycles. The molecule has 0 radical (unpaired) electrons. The van der Waals surface area contributed by atoms with Crippen LogP contribution in [0.2, 0.25) is 0 Å². The third-order valence-electron chi connectivity index (χ3n) is 5.80. The van der Waals surface area contributed by atoms with E-state index in [0.717, 1.165) is 25.0 Å². The molecular weight excluding hydrogens is 480 g/mol. The van der Waals surface area contributed by atoms with E-state index in [1.807, 2.05) is 18.2 Å². The van der Waals surface area contributed by atoms with Crippen molar-refractivity contribution >= 4 is 35.5 Å². The van der Waals surface area contributed by atoms with Crippen LogP contribution in [0.15, 0.2) is 48.5 Å². The Bertz CT molecular complexity index is 865. The minimum absolute atomic E-state index is 0.0582. The number of aliphatic carboxylic acids is 2. The lowest BCUT2D eigenvalue weighted by atomic mass is 10.0. The Labute approximate surface area is 218 Å². The standard InChI is InChI=1S/C28H38O5S2/c1-33-24-16-14-22(15-17-24)10-6-4-2-3-5-7-11-23-12-8-9-13-25(23)28(34-20-18-26(29)30)35-21-19-27(31)32/h8-9,12-17,28H,2-7,10-11,18-21H2,1H3,(H,29,30)(H,31,32). The number of ether oxygens (including phenoxy) is 1. The first kappa shape index (κ1) is 29.1. The van der Waals surface area contributed by atoms with E-state index in [0.29, 0.717) is 11.5 Å². The van der Waals surface area contributed by atoms with Crippen LogP contribution in [0.1, 0.15) is 72.6 Å². The summed E-state index contributed by atoms with van der Waals surface area (Å²) in [6.07, 6.45) is 9.58. The largest absolute Gasteiger partial charge is 0.497 e. The molecule has 35 heavy (non-hydrogen) atoms. The number of hydrogen-bond acceptors (Lipinski definition) is 5. The first-order chi connectivity index (χ1) is 17.0. The summed E-state index contributed by atoms with van der Waals surface area (Å²) in [5.41, 5.74) is 3.86. The minimum Gasteiger partial charge on any atom is -0.497 e. The number of thioether (sulfide) groups is 2. The van der Waals surface area contributed by atoms with Crippen molar-refractivity contribution in [2.45, 2.75) is 68.8 Å². The molecule has 0 heterocycles. The molecule has 0 aliphatic heterocycles. The van der Waals surface area contributed by atoms with Crippen molar-refractivity contribution in [1.29, 1.82) is 0 Å². The molecule has 7 heteroatoms. The predicted molar refractivity (Wildman–Crippen MR) is 147 cm³/mol. The topological polar surface area (TPSA) is 83.8 Å². The van der Waals surface area contributed by atoms with Crippen LogP contribution >= 0.6 is 23.5 Å². The van der Waals surface area contributed by atoms with Crippen LogP contribution in [0.5, 0.6) is 5.75 Å². The van der Waals surface area contributed by atoms with E-state index in [2.05, 4.69) is 30.3 Å². The van der Waals surface area contributed by atoms with Crippen molar-refractivity contribution in [2.75, 3.05) is 18.6 Å². The number of rotatable bonds is 19. The molecule has 2 aromatic rings. The Balaban J connectivity index is 1.74. The summed E-state index contributed by atoms with van der Waals surface area (Å²) in [4.78, 5) is 21.9. The number of hydrogen-bond donors (Lipinski definition) is 2. The van der Waals surface area contributed by atoms with E-state index < -0.39 is 11.9 Å². The van der Waals surface area contributed by atoms with Gasteiger partial charge in [-0.15, -0.1) is 23.5 Å². The number of aryl methyl sites for hydroxylation is 2. The second-order valence-electron chi connectivity index (χ2n) is 8.53. The second-order valence-corrected chi connectivity index (χ2v) is 11.3. The van der Waals surface area contributed by atoms with Crippen LogP contribution < -0.4 is 4.74 Å². The Morgan fingerprint density at radius 1 is 0.771 bits per heavy atom. The average Bonchev–Trinajstić information content (AvgIpc) is 2.85. The maximum Gasteiger partial charge on any atom is 0.304 e. The maximum atomic E-state index is 10.9. The molecule has 0 atom stereocenters. The zero-order valence-electron chi connectivity index (χ0n) is 20.6.